The Morgan fingerprint density at radius 3 is 2.44 bits per heavy atom. The van der Waals surface area contributed by atoms with Gasteiger partial charge in [-0.25, -0.2) is 0 Å². The summed E-state index contributed by atoms with van der Waals surface area (Å²) in [7, 11) is -3.90. The molecule has 0 aliphatic carbocycles. The van der Waals surface area contributed by atoms with E-state index in [0.717, 1.165) is 4.90 Å². The molecule has 0 aliphatic heterocycles. The van der Waals surface area contributed by atoms with Gasteiger partial charge in [-0.1, -0.05) is 18.2 Å². The highest BCUT2D eigenvalue weighted by Gasteiger charge is 2.06. The predicted molar refractivity (Wildman–Crippen MR) is 70.7 cm³/mol. The van der Waals surface area contributed by atoms with Gasteiger partial charge in [0.25, 0.3) is 10.1 Å². The Bertz CT molecular complexity index is 612. The number of thioether (sulfide) groups is 1. The summed E-state index contributed by atoms with van der Waals surface area (Å²) in [6, 6.07) is 4.91. The van der Waals surface area contributed by atoms with Gasteiger partial charge in [0.15, 0.2) is 11.4 Å². The summed E-state index contributed by atoms with van der Waals surface area (Å²) in [6.07, 6.45) is 0.335. The molecule has 18 heavy (non-hydrogen) atoms. The summed E-state index contributed by atoms with van der Waals surface area (Å²) in [4.78, 5) is 7.29. The predicted octanol–water partition coefficient (Wildman–Crippen LogP) is 3.16. The summed E-state index contributed by atoms with van der Waals surface area (Å²) >= 11 is 1.39. The highest BCUT2D eigenvalue weighted by atomic mass is 32.2. The summed E-state index contributed by atoms with van der Waals surface area (Å²) in [6.45, 7) is 13.8. The molecule has 0 radical (unpaired) electrons. The average Bonchev–Trinajstić information content (AvgIpc) is 2.33. The molecule has 0 atom stereocenters. The second-order valence-corrected chi connectivity index (χ2v) is 6.10. The zero-order valence-corrected chi connectivity index (χ0v) is 11.0. The van der Waals surface area contributed by atoms with Crippen LogP contribution in [0.4, 0.5) is 11.4 Å². The summed E-state index contributed by atoms with van der Waals surface area (Å²) in [5.74, 6) is 0.254. The molecular formula is C11H10N2O3S2. The van der Waals surface area contributed by atoms with Crippen molar-refractivity contribution in [1.29, 1.82) is 0 Å². The van der Waals surface area contributed by atoms with Crippen molar-refractivity contribution in [3.8, 4) is 0 Å². The smallest absolute Gasteiger partial charge is 0.264 e. The van der Waals surface area contributed by atoms with E-state index in [1.807, 2.05) is 0 Å². The van der Waals surface area contributed by atoms with Crippen LogP contribution in [0.3, 0.4) is 0 Å². The van der Waals surface area contributed by atoms with Gasteiger partial charge in [0.1, 0.15) is 0 Å². The average molecular weight is 282 g/mol. The monoisotopic (exact) mass is 282 g/mol. The molecular weight excluding hydrogens is 272 g/mol. The number of nitrogens with zero attached hydrogens (tertiary/aromatic N) is 2. The number of hydrogen-bond donors (Lipinski definition) is 1. The lowest BCUT2D eigenvalue weighted by Gasteiger charge is -2.02. The lowest BCUT2D eigenvalue weighted by atomic mass is 10.3. The van der Waals surface area contributed by atoms with Crippen molar-refractivity contribution in [3.05, 3.63) is 41.0 Å². The molecule has 7 heteroatoms. The van der Waals surface area contributed by atoms with Gasteiger partial charge < -0.3 is 0 Å². The van der Waals surface area contributed by atoms with Gasteiger partial charge >= 0.3 is 0 Å². The van der Waals surface area contributed by atoms with E-state index < -0.39 is 10.1 Å². The molecule has 0 saturated carbocycles. The van der Waals surface area contributed by atoms with Crippen LogP contribution in [0.2, 0.25) is 0 Å². The van der Waals surface area contributed by atoms with E-state index in [0.29, 0.717) is 23.5 Å². The molecule has 94 valence electrons. The van der Waals surface area contributed by atoms with Crippen molar-refractivity contribution >= 4 is 33.3 Å². The van der Waals surface area contributed by atoms with Crippen molar-refractivity contribution < 1.29 is 13.0 Å². The molecule has 1 aromatic rings. The van der Waals surface area contributed by atoms with Gasteiger partial charge in [0.2, 0.25) is 0 Å². The van der Waals surface area contributed by atoms with E-state index in [1.165, 1.54) is 11.8 Å². The van der Waals surface area contributed by atoms with E-state index in [4.69, 9.17) is 17.7 Å². The van der Waals surface area contributed by atoms with Crippen LogP contribution in [0.5, 0.6) is 0 Å². The minimum absolute atomic E-state index is 0.268. The Hall–Kier alpha value is -1.54. The quantitative estimate of drug-likeness (QED) is 0.390. The summed E-state index contributed by atoms with van der Waals surface area (Å²) < 4.78 is 29.6. The fourth-order valence-corrected chi connectivity index (χ4v) is 2.78. The first-order chi connectivity index (χ1) is 8.46. The molecule has 1 rings (SSSR count). The lowest BCUT2D eigenvalue weighted by molar-refractivity contribution is 0.482. The lowest BCUT2D eigenvalue weighted by Crippen LogP contribution is -2.04. The second kappa shape index (κ2) is 6.41. The zero-order valence-electron chi connectivity index (χ0n) is 9.33. The molecule has 0 fully saturated rings. The third-order valence-corrected chi connectivity index (χ3v) is 3.89. The Morgan fingerprint density at radius 2 is 1.89 bits per heavy atom. The van der Waals surface area contributed by atoms with Gasteiger partial charge in [-0.2, -0.15) is 8.42 Å². The molecule has 1 N–H and O–H groups in total. The minimum atomic E-state index is -3.90. The molecule has 0 spiro atoms. The standard InChI is InChI=1S/C11H10N2O3S2/c1-12-10-5-4-9(8-11(10)13-2)17-6-3-7-18(14,15)16/h4-5,8H,3,6-7H2,(H,14,15,16). The maximum absolute atomic E-state index is 10.5. The van der Waals surface area contributed by atoms with E-state index >= 15 is 0 Å². The maximum atomic E-state index is 10.5. The third-order valence-electron chi connectivity index (χ3n) is 2.00. The molecule has 0 amide bonds. The Kier molecular flexibility index (Phi) is 5.17. The van der Waals surface area contributed by atoms with Crippen molar-refractivity contribution in [1.82, 2.24) is 0 Å². The van der Waals surface area contributed by atoms with Crippen LogP contribution in [0.1, 0.15) is 6.42 Å². The van der Waals surface area contributed by atoms with Gasteiger partial charge in [0, 0.05) is 0 Å². The largest absolute Gasteiger partial charge is 0.286 e. The molecule has 0 aromatic heterocycles. The highest BCUT2D eigenvalue weighted by Crippen LogP contribution is 2.32. The van der Waals surface area contributed by atoms with Gasteiger partial charge in [-0.15, -0.1) is 11.8 Å². The van der Waals surface area contributed by atoms with E-state index in [9.17, 15) is 8.42 Å². The van der Waals surface area contributed by atoms with Crippen molar-refractivity contribution in [2.45, 2.75) is 11.3 Å². The van der Waals surface area contributed by atoms with Gasteiger partial charge in [-0.3, -0.25) is 14.2 Å². The summed E-state index contributed by atoms with van der Waals surface area (Å²) in [5.41, 5.74) is 0.608. The topological polar surface area (TPSA) is 63.1 Å². The van der Waals surface area contributed by atoms with Crippen molar-refractivity contribution in [2.75, 3.05) is 11.5 Å². The minimum Gasteiger partial charge on any atom is -0.286 e. The molecule has 0 saturated heterocycles. The molecule has 1 aromatic carbocycles. The van der Waals surface area contributed by atoms with Crippen LogP contribution in [0.15, 0.2) is 23.1 Å². The fraction of sp³-hybridized carbons (Fsp3) is 0.273. The number of hydrogen-bond acceptors (Lipinski definition) is 3. The van der Waals surface area contributed by atoms with E-state index in [2.05, 4.69) is 9.69 Å². The molecule has 5 nitrogen and oxygen atoms in total. The van der Waals surface area contributed by atoms with Crippen LogP contribution in [0.25, 0.3) is 9.69 Å². The van der Waals surface area contributed by atoms with Crippen LogP contribution in [-0.4, -0.2) is 24.5 Å². The van der Waals surface area contributed by atoms with E-state index in [1.54, 1.807) is 18.2 Å². The molecule has 0 unspecified atom stereocenters. The number of benzene rings is 1. The normalized spacial score (nSPS) is 10.6. The fourth-order valence-electron chi connectivity index (χ4n) is 1.21. The first-order valence-corrected chi connectivity index (χ1v) is 7.52. The van der Waals surface area contributed by atoms with Crippen molar-refractivity contribution in [2.24, 2.45) is 0 Å². The van der Waals surface area contributed by atoms with Crippen LogP contribution in [0, 0.1) is 13.1 Å². The summed E-state index contributed by atoms with van der Waals surface area (Å²) in [5, 5.41) is 0. The Balaban J connectivity index is 2.60. The van der Waals surface area contributed by atoms with Crippen LogP contribution in [-0.2, 0) is 10.1 Å². The van der Waals surface area contributed by atoms with Gasteiger partial charge in [0.05, 0.1) is 18.9 Å². The molecule has 0 aliphatic rings. The Morgan fingerprint density at radius 1 is 1.22 bits per heavy atom. The second-order valence-electron chi connectivity index (χ2n) is 3.36. The Labute approximate surface area is 110 Å². The molecule has 0 heterocycles. The first-order valence-electron chi connectivity index (χ1n) is 4.93. The van der Waals surface area contributed by atoms with Gasteiger partial charge in [-0.05, 0) is 17.1 Å². The molecule has 0 bridgehead atoms. The van der Waals surface area contributed by atoms with E-state index in [-0.39, 0.29) is 5.75 Å². The third kappa shape index (κ3) is 4.76. The highest BCUT2D eigenvalue weighted by molar-refractivity contribution is 7.99. The SMILES string of the molecule is [C-]#[N+]c1ccc(SCCCS(=O)(=O)O)cc1[N+]#[C-]. The van der Waals surface area contributed by atoms with Crippen molar-refractivity contribution in [3.63, 3.8) is 0 Å². The zero-order chi connectivity index (χ0) is 13.6. The number of rotatable bonds is 5. The first kappa shape index (κ1) is 14.5. The van der Waals surface area contributed by atoms with Crippen LogP contribution >= 0.6 is 11.8 Å². The van der Waals surface area contributed by atoms with Crippen LogP contribution < -0.4 is 0 Å². The maximum Gasteiger partial charge on any atom is 0.264 e.